The highest BCUT2D eigenvalue weighted by atomic mass is 16.5. The molecule has 0 unspecified atom stereocenters. The molecule has 0 saturated carbocycles. The van der Waals surface area contributed by atoms with E-state index in [-0.39, 0.29) is 36.4 Å². The van der Waals surface area contributed by atoms with Crippen molar-refractivity contribution in [2.75, 3.05) is 20.3 Å². The van der Waals surface area contributed by atoms with E-state index in [9.17, 15) is 14.4 Å². The zero-order chi connectivity index (χ0) is 16.5. The third-order valence-corrected chi connectivity index (χ3v) is 2.55. The molecule has 1 aromatic carbocycles. The molecule has 0 spiro atoms. The lowest BCUT2D eigenvalue weighted by molar-refractivity contribution is -0.127. The number of carbonyl (C=O) groups excluding carboxylic acids is 3. The minimum Gasteiger partial charge on any atom is -0.483 e. The molecule has 22 heavy (non-hydrogen) atoms. The Bertz CT molecular complexity index is 542. The van der Waals surface area contributed by atoms with Crippen LogP contribution in [0.3, 0.4) is 0 Å². The summed E-state index contributed by atoms with van der Waals surface area (Å²) in [5.74, 6) is -1.04. The van der Waals surface area contributed by atoms with Crippen LogP contribution in [-0.4, -0.2) is 44.1 Å². The Morgan fingerprint density at radius 3 is 2.45 bits per heavy atom. The maximum Gasteiger partial charge on any atom is 0.341 e. The fraction of sp³-hybridized carbons (Fsp3) is 0.400. The van der Waals surface area contributed by atoms with E-state index in [1.165, 1.54) is 13.2 Å². The Morgan fingerprint density at radius 1 is 1.14 bits per heavy atom. The zero-order valence-corrected chi connectivity index (χ0v) is 12.8. The van der Waals surface area contributed by atoms with Crippen LogP contribution in [0.1, 0.15) is 24.2 Å². The van der Waals surface area contributed by atoms with Gasteiger partial charge in [-0.3, -0.25) is 9.59 Å². The number of esters is 1. The van der Waals surface area contributed by atoms with Crippen LogP contribution < -0.4 is 15.4 Å². The van der Waals surface area contributed by atoms with E-state index in [1.54, 1.807) is 18.2 Å². The van der Waals surface area contributed by atoms with Crippen molar-refractivity contribution in [3.05, 3.63) is 29.8 Å². The number of rotatable bonds is 7. The van der Waals surface area contributed by atoms with Crippen molar-refractivity contribution < 1.29 is 23.9 Å². The molecule has 0 radical (unpaired) electrons. The van der Waals surface area contributed by atoms with Gasteiger partial charge in [-0.15, -0.1) is 0 Å². The monoisotopic (exact) mass is 308 g/mol. The van der Waals surface area contributed by atoms with Crippen LogP contribution in [0.25, 0.3) is 0 Å². The van der Waals surface area contributed by atoms with Crippen molar-refractivity contribution in [2.24, 2.45) is 0 Å². The minimum atomic E-state index is -0.549. The summed E-state index contributed by atoms with van der Waals surface area (Å²) in [4.78, 5) is 34.6. The first-order valence-electron chi connectivity index (χ1n) is 6.80. The van der Waals surface area contributed by atoms with Gasteiger partial charge in [0.25, 0.3) is 5.91 Å². The first-order valence-corrected chi connectivity index (χ1v) is 6.80. The molecule has 1 aromatic rings. The molecule has 0 aromatic heterocycles. The molecular weight excluding hydrogens is 288 g/mol. The van der Waals surface area contributed by atoms with Crippen LogP contribution >= 0.6 is 0 Å². The summed E-state index contributed by atoms with van der Waals surface area (Å²) in [5, 5.41) is 5.08. The number of nitrogens with one attached hydrogen (secondary N) is 2. The van der Waals surface area contributed by atoms with Gasteiger partial charge in [-0.05, 0) is 26.0 Å². The fourth-order valence-corrected chi connectivity index (χ4v) is 1.62. The quantitative estimate of drug-likeness (QED) is 0.715. The van der Waals surface area contributed by atoms with Gasteiger partial charge in [0, 0.05) is 6.04 Å². The molecule has 0 aliphatic carbocycles. The van der Waals surface area contributed by atoms with Crippen molar-refractivity contribution in [3.8, 4) is 5.75 Å². The first kappa shape index (κ1) is 17.5. The third-order valence-electron chi connectivity index (χ3n) is 2.55. The van der Waals surface area contributed by atoms with Gasteiger partial charge < -0.3 is 20.1 Å². The molecule has 1 rings (SSSR count). The Labute approximate surface area is 129 Å². The summed E-state index contributed by atoms with van der Waals surface area (Å²) in [5.41, 5.74) is 0.232. The summed E-state index contributed by atoms with van der Waals surface area (Å²) in [6, 6.07) is 6.44. The summed E-state index contributed by atoms with van der Waals surface area (Å²) in [7, 11) is 1.26. The van der Waals surface area contributed by atoms with E-state index in [4.69, 9.17) is 4.74 Å². The van der Waals surface area contributed by atoms with Crippen molar-refractivity contribution in [1.29, 1.82) is 0 Å². The van der Waals surface area contributed by atoms with Gasteiger partial charge in [0.15, 0.2) is 6.61 Å². The Hall–Kier alpha value is -2.57. The number of hydrogen-bond acceptors (Lipinski definition) is 5. The highest BCUT2D eigenvalue weighted by molar-refractivity contribution is 5.92. The van der Waals surface area contributed by atoms with E-state index in [0.29, 0.717) is 0 Å². The van der Waals surface area contributed by atoms with Gasteiger partial charge in [-0.1, -0.05) is 12.1 Å². The van der Waals surface area contributed by atoms with Gasteiger partial charge in [0.1, 0.15) is 11.3 Å². The number of hydrogen-bond donors (Lipinski definition) is 2. The normalized spacial score (nSPS) is 10.0. The molecule has 0 bridgehead atoms. The van der Waals surface area contributed by atoms with Crippen LogP contribution in [0.5, 0.6) is 5.75 Å². The number of methoxy groups -OCH3 is 1. The highest BCUT2D eigenvalue weighted by Crippen LogP contribution is 2.18. The molecule has 7 nitrogen and oxygen atoms in total. The molecule has 0 aliphatic rings. The third kappa shape index (κ3) is 5.82. The van der Waals surface area contributed by atoms with Gasteiger partial charge in [0.2, 0.25) is 5.91 Å². The lowest BCUT2D eigenvalue weighted by Crippen LogP contribution is -2.41. The second kappa shape index (κ2) is 8.66. The van der Waals surface area contributed by atoms with Crippen molar-refractivity contribution in [1.82, 2.24) is 10.6 Å². The van der Waals surface area contributed by atoms with Gasteiger partial charge >= 0.3 is 5.97 Å². The highest BCUT2D eigenvalue weighted by Gasteiger charge is 2.13. The van der Waals surface area contributed by atoms with Crippen LogP contribution in [0, 0.1) is 0 Å². The van der Waals surface area contributed by atoms with E-state index < -0.39 is 11.9 Å². The molecule has 0 aliphatic heterocycles. The number of amides is 2. The number of ether oxygens (including phenoxy) is 2. The summed E-state index contributed by atoms with van der Waals surface area (Å²) < 4.78 is 9.92. The van der Waals surface area contributed by atoms with Crippen LogP contribution in [0.15, 0.2) is 24.3 Å². The second-order valence-corrected chi connectivity index (χ2v) is 4.78. The standard InChI is InChI=1S/C15H20N2O5/c1-10(2)17-13(18)8-16-14(19)9-22-12-7-5-4-6-11(12)15(20)21-3/h4-7,10H,8-9H2,1-3H3,(H,16,19)(H,17,18). The van der Waals surface area contributed by atoms with Crippen molar-refractivity contribution >= 4 is 17.8 Å². The average Bonchev–Trinajstić information content (AvgIpc) is 2.49. The predicted molar refractivity (Wildman–Crippen MR) is 79.6 cm³/mol. The average molecular weight is 308 g/mol. The number of benzene rings is 1. The van der Waals surface area contributed by atoms with E-state index >= 15 is 0 Å². The first-order chi connectivity index (χ1) is 10.4. The van der Waals surface area contributed by atoms with Gasteiger partial charge in [0.05, 0.1) is 13.7 Å². The molecule has 2 N–H and O–H groups in total. The summed E-state index contributed by atoms with van der Waals surface area (Å²) in [6.45, 7) is 3.22. The Balaban J connectivity index is 2.48. The van der Waals surface area contributed by atoms with Crippen molar-refractivity contribution in [2.45, 2.75) is 19.9 Å². The molecule has 0 heterocycles. The van der Waals surface area contributed by atoms with E-state index in [2.05, 4.69) is 15.4 Å². The molecule has 0 fully saturated rings. The van der Waals surface area contributed by atoms with Crippen LogP contribution in [0.2, 0.25) is 0 Å². The fourth-order valence-electron chi connectivity index (χ4n) is 1.62. The molecule has 0 atom stereocenters. The number of carbonyl (C=O) groups is 3. The number of para-hydroxylation sites is 1. The van der Waals surface area contributed by atoms with Gasteiger partial charge in [-0.25, -0.2) is 4.79 Å². The van der Waals surface area contributed by atoms with Gasteiger partial charge in [-0.2, -0.15) is 0 Å². The SMILES string of the molecule is COC(=O)c1ccccc1OCC(=O)NCC(=O)NC(C)C. The minimum absolute atomic E-state index is 0.00702. The Morgan fingerprint density at radius 2 is 1.82 bits per heavy atom. The maximum atomic E-state index is 11.6. The van der Waals surface area contributed by atoms with E-state index in [1.807, 2.05) is 13.8 Å². The van der Waals surface area contributed by atoms with E-state index in [0.717, 1.165) is 0 Å². The molecular formula is C15H20N2O5. The smallest absolute Gasteiger partial charge is 0.341 e. The summed E-state index contributed by atoms with van der Waals surface area (Å²) >= 11 is 0. The lowest BCUT2D eigenvalue weighted by atomic mass is 10.2. The second-order valence-electron chi connectivity index (χ2n) is 4.78. The molecule has 7 heteroatoms. The molecule has 120 valence electrons. The van der Waals surface area contributed by atoms with Crippen LogP contribution in [0.4, 0.5) is 0 Å². The Kier molecular flexibility index (Phi) is 6.88. The summed E-state index contributed by atoms with van der Waals surface area (Å²) in [6.07, 6.45) is 0. The largest absolute Gasteiger partial charge is 0.483 e. The van der Waals surface area contributed by atoms with Crippen LogP contribution in [-0.2, 0) is 14.3 Å². The van der Waals surface area contributed by atoms with Crippen molar-refractivity contribution in [3.63, 3.8) is 0 Å². The zero-order valence-electron chi connectivity index (χ0n) is 12.8. The molecule has 2 amide bonds. The lowest BCUT2D eigenvalue weighted by Gasteiger charge is -2.11. The maximum absolute atomic E-state index is 11.6. The predicted octanol–water partition coefficient (Wildman–Crippen LogP) is 0.493. The topological polar surface area (TPSA) is 93.7 Å². The molecule has 0 saturated heterocycles.